The maximum absolute atomic E-state index is 6.34. The van der Waals surface area contributed by atoms with Crippen LogP contribution < -0.4 is 5.32 Å². The van der Waals surface area contributed by atoms with E-state index in [1.165, 1.54) is 12.8 Å². The predicted molar refractivity (Wildman–Crippen MR) is 90.5 cm³/mol. The predicted octanol–water partition coefficient (Wildman–Crippen LogP) is 4.86. The van der Waals surface area contributed by atoms with Crippen molar-refractivity contribution in [2.24, 2.45) is 0 Å². The Labute approximate surface area is 138 Å². The topological polar surface area (TPSA) is 21.3 Å². The Morgan fingerprint density at radius 2 is 2.00 bits per heavy atom. The number of benzene rings is 1. The van der Waals surface area contributed by atoms with Crippen LogP contribution in [0.4, 0.5) is 0 Å². The van der Waals surface area contributed by atoms with E-state index in [4.69, 9.17) is 27.9 Å². The number of hydrogen-bond acceptors (Lipinski definition) is 2. The van der Waals surface area contributed by atoms with Gasteiger partial charge in [0.1, 0.15) is 0 Å². The SMILES string of the molecule is CCCNC(Cc1cc(Cl)ccc1Cl)C1(OC)CCCC1. The molecule has 1 aliphatic carbocycles. The molecular weight excluding hydrogens is 305 g/mol. The van der Waals surface area contributed by atoms with Crippen molar-refractivity contribution in [3.05, 3.63) is 33.8 Å². The monoisotopic (exact) mass is 329 g/mol. The van der Waals surface area contributed by atoms with Gasteiger partial charge in [-0.25, -0.2) is 0 Å². The summed E-state index contributed by atoms with van der Waals surface area (Å²) in [6.07, 6.45) is 6.67. The van der Waals surface area contributed by atoms with Gasteiger partial charge in [-0.3, -0.25) is 0 Å². The number of hydrogen-bond donors (Lipinski definition) is 1. The standard InChI is InChI=1S/C17H25Cl2NO/c1-3-10-20-16(17(21-2)8-4-5-9-17)12-13-11-14(18)6-7-15(13)19/h6-7,11,16,20H,3-5,8-10,12H2,1-2H3. The fourth-order valence-corrected chi connectivity index (χ4v) is 3.74. The molecule has 1 aromatic rings. The van der Waals surface area contributed by atoms with Gasteiger partial charge in [0.2, 0.25) is 0 Å². The third kappa shape index (κ3) is 4.13. The van der Waals surface area contributed by atoms with E-state index in [2.05, 4.69) is 12.2 Å². The summed E-state index contributed by atoms with van der Waals surface area (Å²) < 4.78 is 5.96. The Morgan fingerprint density at radius 1 is 1.29 bits per heavy atom. The molecule has 1 unspecified atom stereocenters. The van der Waals surface area contributed by atoms with Crippen LogP contribution >= 0.6 is 23.2 Å². The molecule has 0 saturated heterocycles. The second kappa shape index (κ2) is 7.82. The van der Waals surface area contributed by atoms with E-state index in [1.54, 1.807) is 0 Å². The largest absolute Gasteiger partial charge is 0.377 e. The molecule has 1 aliphatic rings. The minimum absolute atomic E-state index is 0.0686. The summed E-state index contributed by atoms with van der Waals surface area (Å²) in [5.74, 6) is 0. The normalized spacial score (nSPS) is 18.9. The second-order valence-electron chi connectivity index (χ2n) is 5.92. The smallest absolute Gasteiger partial charge is 0.0834 e. The Morgan fingerprint density at radius 3 is 2.62 bits per heavy atom. The van der Waals surface area contributed by atoms with Crippen molar-refractivity contribution in [2.75, 3.05) is 13.7 Å². The van der Waals surface area contributed by atoms with Crippen LogP contribution in [0.1, 0.15) is 44.6 Å². The van der Waals surface area contributed by atoms with Crippen LogP contribution in [-0.4, -0.2) is 25.3 Å². The number of ether oxygens (including phenoxy) is 1. The van der Waals surface area contributed by atoms with Gasteiger partial charge in [0, 0.05) is 23.2 Å². The fourth-order valence-electron chi connectivity index (χ4n) is 3.35. The van der Waals surface area contributed by atoms with Gasteiger partial charge >= 0.3 is 0 Å². The van der Waals surface area contributed by atoms with Crippen molar-refractivity contribution in [2.45, 2.75) is 57.1 Å². The number of rotatable bonds is 7. The zero-order valence-corrected chi connectivity index (χ0v) is 14.4. The van der Waals surface area contributed by atoms with E-state index < -0.39 is 0 Å². The van der Waals surface area contributed by atoms with Crippen LogP contribution in [0.15, 0.2) is 18.2 Å². The van der Waals surface area contributed by atoms with Gasteiger partial charge in [0.05, 0.1) is 5.60 Å². The Bertz CT molecular complexity index is 458. The molecule has 1 fully saturated rings. The molecule has 0 heterocycles. The minimum atomic E-state index is -0.0686. The summed E-state index contributed by atoms with van der Waals surface area (Å²) in [5, 5.41) is 5.19. The van der Waals surface area contributed by atoms with E-state index >= 15 is 0 Å². The molecule has 0 aliphatic heterocycles. The van der Waals surface area contributed by atoms with Crippen molar-refractivity contribution >= 4 is 23.2 Å². The van der Waals surface area contributed by atoms with Crippen LogP contribution in [0.2, 0.25) is 10.0 Å². The summed E-state index contributed by atoms with van der Waals surface area (Å²) in [4.78, 5) is 0. The van der Waals surface area contributed by atoms with Crippen LogP contribution in [0.3, 0.4) is 0 Å². The van der Waals surface area contributed by atoms with Gasteiger partial charge in [0.25, 0.3) is 0 Å². The molecule has 0 amide bonds. The first-order valence-electron chi connectivity index (χ1n) is 7.84. The van der Waals surface area contributed by atoms with Gasteiger partial charge < -0.3 is 10.1 Å². The lowest BCUT2D eigenvalue weighted by Gasteiger charge is -2.37. The molecule has 4 heteroatoms. The van der Waals surface area contributed by atoms with E-state index in [0.29, 0.717) is 0 Å². The van der Waals surface area contributed by atoms with Crippen molar-refractivity contribution in [1.29, 1.82) is 0 Å². The molecule has 2 nitrogen and oxygen atoms in total. The quantitative estimate of drug-likeness (QED) is 0.771. The van der Waals surface area contributed by atoms with Crippen molar-refractivity contribution < 1.29 is 4.74 Å². The molecule has 1 aromatic carbocycles. The van der Waals surface area contributed by atoms with Gasteiger partial charge in [-0.2, -0.15) is 0 Å². The van der Waals surface area contributed by atoms with Crippen LogP contribution in [0.25, 0.3) is 0 Å². The number of halogens is 2. The van der Waals surface area contributed by atoms with Gasteiger partial charge in [0.15, 0.2) is 0 Å². The van der Waals surface area contributed by atoms with E-state index in [9.17, 15) is 0 Å². The molecule has 1 saturated carbocycles. The maximum Gasteiger partial charge on any atom is 0.0834 e. The Hall–Kier alpha value is -0.280. The van der Waals surface area contributed by atoms with Crippen LogP contribution in [0.5, 0.6) is 0 Å². The number of nitrogens with one attached hydrogen (secondary N) is 1. The minimum Gasteiger partial charge on any atom is -0.377 e. The average molecular weight is 330 g/mol. The van der Waals surface area contributed by atoms with Crippen LogP contribution in [-0.2, 0) is 11.2 Å². The lowest BCUT2D eigenvalue weighted by molar-refractivity contribution is -0.0354. The van der Waals surface area contributed by atoms with E-state index in [1.807, 2.05) is 25.3 Å². The highest BCUT2D eigenvalue weighted by Crippen LogP contribution is 2.37. The molecule has 2 rings (SSSR count). The third-order valence-corrected chi connectivity index (χ3v) is 5.17. The average Bonchev–Trinajstić information content (AvgIpc) is 2.97. The molecule has 0 aromatic heterocycles. The first-order valence-corrected chi connectivity index (χ1v) is 8.59. The van der Waals surface area contributed by atoms with Gasteiger partial charge in [-0.15, -0.1) is 0 Å². The lowest BCUT2D eigenvalue weighted by Crippen LogP contribution is -2.52. The molecule has 0 radical (unpaired) electrons. The molecule has 118 valence electrons. The summed E-state index contributed by atoms with van der Waals surface area (Å²) in [6, 6.07) is 5.97. The highest BCUT2D eigenvalue weighted by molar-refractivity contribution is 6.33. The molecule has 21 heavy (non-hydrogen) atoms. The van der Waals surface area contributed by atoms with E-state index in [0.717, 1.165) is 47.8 Å². The molecule has 1 N–H and O–H groups in total. The molecular formula is C17H25Cl2NO. The molecule has 0 spiro atoms. The summed E-state index contributed by atoms with van der Waals surface area (Å²) in [5.41, 5.74) is 1.03. The third-order valence-electron chi connectivity index (χ3n) is 4.56. The highest BCUT2D eigenvalue weighted by atomic mass is 35.5. The maximum atomic E-state index is 6.34. The number of methoxy groups -OCH3 is 1. The van der Waals surface area contributed by atoms with Gasteiger partial charge in [-0.05, 0) is 56.0 Å². The van der Waals surface area contributed by atoms with Crippen molar-refractivity contribution in [1.82, 2.24) is 5.32 Å². The molecule has 0 bridgehead atoms. The first-order chi connectivity index (χ1) is 10.1. The zero-order valence-electron chi connectivity index (χ0n) is 12.9. The van der Waals surface area contributed by atoms with Crippen molar-refractivity contribution in [3.63, 3.8) is 0 Å². The highest BCUT2D eigenvalue weighted by Gasteiger charge is 2.41. The van der Waals surface area contributed by atoms with Crippen LogP contribution in [0, 0.1) is 0 Å². The summed E-state index contributed by atoms with van der Waals surface area (Å²) in [7, 11) is 1.84. The summed E-state index contributed by atoms with van der Waals surface area (Å²) >= 11 is 12.5. The first kappa shape index (κ1) is 17.1. The lowest BCUT2D eigenvalue weighted by atomic mass is 9.87. The fraction of sp³-hybridized carbons (Fsp3) is 0.647. The Kier molecular flexibility index (Phi) is 6.36. The second-order valence-corrected chi connectivity index (χ2v) is 6.77. The van der Waals surface area contributed by atoms with Crippen molar-refractivity contribution in [3.8, 4) is 0 Å². The summed E-state index contributed by atoms with van der Waals surface area (Å²) in [6.45, 7) is 3.18. The zero-order chi connectivity index (χ0) is 15.3. The van der Waals surface area contributed by atoms with Gasteiger partial charge in [-0.1, -0.05) is 43.0 Å². The van der Waals surface area contributed by atoms with E-state index in [-0.39, 0.29) is 11.6 Å². The molecule has 1 atom stereocenters. The Balaban J connectivity index is 2.21.